The first-order valence-electron chi connectivity index (χ1n) is 10.8. The van der Waals surface area contributed by atoms with Crippen LogP contribution in [0.15, 0.2) is 47.6 Å². The van der Waals surface area contributed by atoms with Crippen molar-refractivity contribution >= 4 is 35.0 Å². The molecule has 1 aromatic heterocycles. The number of thioether (sulfide) groups is 1. The number of carbonyl (C=O) groups is 1. The molecule has 2 atom stereocenters. The maximum absolute atomic E-state index is 13.4. The minimum Gasteiger partial charge on any atom is -0.497 e. The van der Waals surface area contributed by atoms with Gasteiger partial charge in [-0.25, -0.2) is 4.39 Å². The van der Waals surface area contributed by atoms with E-state index in [9.17, 15) is 9.18 Å². The summed E-state index contributed by atoms with van der Waals surface area (Å²) >= 11 is 7.10. The van der Waals surface area contributed by atoms with Crippen LogP contribution in [0.25, 0.3) is 0 Å². The number of anilines is 1. The molecular weight excluding hydrogens is 479 g/mol. The zero-order chi connectivity index (χ0) is 24.8. The van der Waals surface area contributed by atoms with Crippen LogP contribution in [0.2, 0.25) is 5.02 Å². The predicted octanol–water partition coefficient (Wildman–Crippen LogP) is 5.99. The van der Waals surface area contributed by atoms with Gasteiger partial charge >= 0.3 is 0 Å². The Morgan fingerprint density at radius 2 is 1.79 bits per heavy atom. The lowest BCUT2D eigenvalue weighted by molar-refractivity contribution is -0.115. The summed E-state index contributed by atoms with van der Waals surface area (Å²) in [7, 11) is 1.61. The quantitative estimate of drug-likeness (QED) is 0.340. The van der Waals surface area contributed by atoms with Crippen molar-refractivity contribution in [3.63, 3.8) is 0 Å². The Balaban J connectivity index is 1.74. The Kier molecular flexibility index (Phi) is 8.79. The molecule has 0 spiro atoms. The van der Waals surface area contributed by atoms with Gasteiger partial charge in [-0.05, 0) is 62.2 Å². The lowest BCUT2D eigenvalue weighted by atomic mass is 10.2. The number of carbonyl (C=O) groups excluding carboxylic acids is 1. The first kappa shape index (κ1) is 25.8. The molecule has 3 rings (SSSR count). The SMILES string of the molecule is COc1ccc(OC(C)c2nnc(SC(C)C(=O)Nc3ccc(F)c(Cl)c3)n2CC(C)C)cc1. The van der Waals surface area contributed by atoms with Crippen molar-refractivity contribution in [3.8, 4) is 11.5 Å². The van der Waals surface area contributed by atoms with Gasteiger partial charge in [0.05, 0.1) is 17.4 Å². The molecule has 2 unspecified atom stereocenters. The zero-order valence-electron chi connectivity index (χ0n) is 19.7. The molecule has 0 aliphatic rings. The van der Waals surface area contributed by atoms with Crippen LogP contribution in [0.3, 0.4) is 0 Å². The van der Waals surface area contributed by atoms with Crippen LogP contribution < -0.4 is 14.8 Å². The van der Waals surface area contributed by atoms with Gasteiger partial charge in [0.2, 0.25) is 5.91 Å². The number of halogens is 2. The fraction of sp³-hybridized carbons (Fsp3) is 0.375. The molecule has 1 amide bonds. The van der Waals surface area contributed by atoms with Crippen LogP contribution in [0.5, 0.6) is 11.5 Å². The van der Waals surface area contributed by atoms with Crippen LogP contribution in [0, 0.1) is 11.7 Å². The first-order valence-corrected chi connectivity index (χ1v) is 12.1. The zero-order valence-corrected chi connectivity index (χ0v) is 21.3. The summed E-state index contributed by atoms with van der Waals surface area (Å²) < 4.78 is 26.6. The standard InChI is InChI=1S/C24H28ClFN4O3S/c1-14(2)13-30-22(15(3)33-19-9-7-18(32-5)8-10-19)28-29-24(30)34-16(4)23(31)27-17-6-11-21(26)20(25)12-17/h6-12,14-16H,13H2,1-5H3,(H,27,31). The van der Waals surface area contributed by atoms with Crippen molar-refractivity contribution < 1.29 is 18.7 Å². The summed E-state index contributed by atoms with van der Waals surface area (Å²) in [6.07, 6.45) is -0.362. The maximum atomic E-state index is 13.4. The van der Waals surface area contributed by atoms with Crippen LogP contribution >= 0.6 is 23.4 Å². The number of amides is 1. The van der Waals surface area contributed by atoms with E-state index < -0.39 is 11.1 Å². The lowest BCUT2D eigenvalue weighted by Gasteiger charge is -2.19. The average molecular weight is 507 g/mol. The molecule has 1 N–H and O–H groups in total. The number of aromatic nitrogens is 3. The number of rotatable bonds is 10. The molecule has 34 heavy (non-hydrogen) atoms. The Morgan fingerprint density at radius 1 is 1.12 bits per heavy atom. The minimum absolute atomic E-state index is 0.0507. The van der Waals surface area contributed by atoms with Gasteiger partial charge in [0, 0.05) is 12.2 Å². The van der Waals surface area contributed by atoms with Crippen LogP contribution in [0.1, 0.15) is 39.6 Å². The van der Waals surface area contributed by atoms with Gasteiger partial charge in [0.1, 0.15) is 17.3 Å². The predicted molar refractivity (Wildman–Crippen MR) is 132 cm³/mol. The van der Waals surface area contributed by atoms with Gasteiger partial charge in [-0.15, -0.1) is 10.2 Å². The number of benzene rings is 2. The lowest BCUT2D eigenvalue weighted by Crippen LogP contribution is -2.23. The van der Waals surface area contributed by atoms with Crippen molar-refractivity contribution in [1.82, 2.24) is 14.8 Å². The second-order valence-electron chi connectivity index (χ2n) is 8.16. The summed E-state index contributed by atoms with van der Waals surface area (Å²) in [5.74, 6) is 1.64. The summed E-state index contributed by atoms with van der Waals surface area (Å²) in [5.41, 5.74) is 0.426. The molecule has 182 valence electrons. The number of methoxy groups -OCH3 is 1. The maximum Gasteiger partial charge on any atom is 0.237 e. The van der Waals surface area contributed by atoms with E-state index in [0.717, 1.165) is 5.75 Å². The van der Waals surface area contributed by atoms with E-state index in [0.29, 0.717) is 34.9 Å². The molecular formula is C24H28ClFN4O3S. The van der Waals surface area contributed by atoms with Gasteiger partial charge in [-0.2, -0.15) is 0 Å². The highest BCUT2D eigenvalue weighted by atomic mass is 35.5. The molecule has 0 radical (unpaired) electrons. The minimum atomic E-state index is -0.539. The van der Waals surface area contributed by atoms with E-state index in [-0.39, 0.29) is 17.0 Å². The van der Waals surface area contributed by atoms with E-state index >= 15 is 0 Å². The fourth-order valence-corrected chi connectivity index (χ4v) is 4.21. The third kappa shape index (κ3) is 6.64. The molecule has 0 saturated heterocycles. The van der Waals surface area contributed by atoms with Crippen molar-refractivity contribution in [3.05, 3.63) is 59.1 Å². The van der Waals surface area contributed by atoms with Crippen molar-refractivity contribution in [1.29, 1.82) is 0 Å². The molecule has 10 heteroatoms. The largest absolute Gasteiger partial charge is 0.497 e. The number of nitrogens with one attached hydrogen (secondary N) is 1. The summed E-state index contributed by atoms with van der Waals surface area (Å²) in [6, 6.07) is 11.4. The van der Waals surface area contributed by atoms with E-state index in [1.54, 1.807) is 14.0 Å². The first-order chi connectivity index (χ1) is 16.2. The van der Waals surface area contributed by atoms with Crippen molar-refractivity contribution in [2.24, 2.45) is 5.92 Å². The molecule has 0 bridgehead atoms. The van der Waals surface area contributed by atoms with Gasteiger partial charge in [0.25, 0.3) is 0 Å². The number of ether oxygens (including phenoxy) is 2. The molecule has 7 nitrogen and oxygen atoms in total. The van der Waals surface area contributed by atoms with Crippen LogP contribution in [-0.2, 0) is 11.3 Å². The Morgan fingerprint density at radius 3 is 2.41 bits per heavy atom. The Labute approximate surface area is 208 Å². The van der Waals surface area contributed by atoms with E-state index in [4.69, 9.17) is 21.1 Å². The van der Waals surface area contributed by atoms with Gasteiger partial charge in [-0.3, -0.25) is 4.79 Å². The van der Waals surface area contributed by atoms with Crippen LogP contribution in [0.4, 0.5) is 10.1 Å². The second-order valence-corrected chi connectivity index (χ2v) is 9.87. The Bertz CT molecular complexity index is 1120. The third-order valence-electron chi connectivity index (χ3n) is 4.87. The highest BCUT2D eigenvalue weighted by Gasteiger charge is 2.24. The number of hydrogen-bond acceptors (Lipinski definition) is 6. The van der Waals surface area contributed by atoms with Gasteiger partial charge in [0.15, 0.2) is 17.1 Å². The normalized spacial score (nSPS) is 12.9. The average Bonchev–Trinajstić information content (AvgIpc) is 3.18. The van der Waals surface area contributed by atoms with Crippen molar-refractivity contribution in [2.45, 2.75) is 50.8 Å². The van der Waals surface area contributed by atoms with E-state index in [1.165, 1.54) is 30.0 Å². The fourth-order valence-electron chi connectivity index (χ4n) is 3.17. The van der Waals surface area contributed by atoms with Crippen LogP contribution in [-0.4, -0.2) is 33.0 Å². The van der Waals surface area contributed by atoms with Gasteiger partial charge in [-0.1, -0.05) is 37.2 Å². The molecule has 1 heterocycles. The molecule has 0 fully saturated rings. The van der Waals surface area contributed by atoms with E-state index in [1.807, 2.05) is 35.8 Å². The molecule has 0 aliphatic heterocycles. The second kappa shape index (κ2) is 11.6. The Hall–Kier alpha value is -2.78. The molecule has 0 saturated carbocycles. The van der Waals surface area contributed by atoms with Gasteiger partial charge < -0.3 is 19.4 Å². The number of nitrogens with zero attached hydrogens (tertiary/aromatic N) is 3. The topological polar surface area (TPSA) is 78.3 Å². The molecule has 0 aliphatic carbocycles. The third-order valence-corrected chi connectivity index (χ3v) is 6.24. The summed E-state index contributed by atoms with van der Waals surface area (Å²) in [5, 5.41) is 11.6. The highest BCUT2D eigenvalue weighted by molar-refractivity contribution is 8.00. The summed E-state index contributed by atoms with van der Waals surface area (Å²) in [6.45, 7) is 8.55. The number of hydrogen-bond donors (Lipinski definition) is 1. The van der Waals surface area contributed by atoms with Crippen molar-refractivity contribution in [2.75, 3.05) is 12.4 Å². The molecule has 2 aromatic carbocycles. The highest BCUT2D eigenvalue weighted by Crippen LogP contribution is 2.29. The summed E-state index contributed by atoms with van der Waals surface area (Å²) in [4.78, 5) is 12.7. The van der Waals surface area contributed by atoms with E-state index in [2.05, 4.69) is 29.4 Å². The monoisotopic (exact) mass is 506 g/mol. The molecule has 3 aromatic rings. The smallest absolute Gasteiger partial charge is 0.237 e.